The predicted molar refractivity (Wildman–Crippen MR) is 110 cm³/mol. The molecule has 2 heterocycles. The van der Waals surface area contributed by atoms with Crippen LogP contribution in [-0.2, 0) is 16.6 Å². The Labute approximate surface area is 170 Å². The fourth-order valence-electron chi connectivity index (χ4n) is 3.10. The fraction of sp³-hybridized carbons (Fsp3) is 0.0526. The molecule has 0 atom stereocenters. The van der Waals surface area contributed by atoms with Crippen LogP contribution in [0.15, 0.2) is 58.1 Å². The number of aromatic nitrogens is 2. The number of halogens is 1. The number of nitrogens with two attached hydrogens (primary N) is 1. The number of thiophene rings is 1. The predicted octanol–water partition coefficient (Wildman–Crippen LogP) is 3.99. The van der Waals surface area contributed by atoms with Gasteiger partial charge in [0.05, 0.1) is 28.7 Å². The van der Waals surface area contributed by atoms with Crippen LogP contribution in [0.4, 0.5) is 0 Å². The van der Waals surface area contributed by atoms with Gasteiger partial charge in [-0.3, -0.25) is 4.68 Å². The molecule has 4 rings (SSSR count). The van der Waals surface area contributed by atoms with Gasteiger partial charge in [-0.25, -0.2) is 13.6 Å². The van der Waals surface area contributed by atoms with Gasteiger partial charge in [-0.2, -0.15) is 10.4 Å². The third kappa shape index (κ3) is 3.30. The van der Waals surface area contributed by atoms with Crippen LogP contribution in [0, 0.1) is 11.3 Å². The number of primary sulfonamides is 1. The van der Waals surface area contributed by atoms with E-state index < -0.39 is 10.0 Å². The maximum atomic E-state index is 12.0. The van der Waals surface area contributed by atoms with Crippen LogP contribution in [0.25, 0.3) is 22.2 Å². The minimum atomic E-state index is -3.89. The number of rotatable bonds is 4. The van der Waals surface area contributed by atoms with Crippen LogP contribution < -0.4 is 5.14 Å². The molecule has 9 heteroatoms. The largest absolute Gasteiger partial charge is 0.260 e. The molecule has 140 valence electrons. The van der Waals surface area contributed by atoms with E-state index in [1.165, 1.54) is 0 Å². The molecule has 0 bridgehead atoms. The first-order valence-electron chi connectivity index (χ1n) is 8.13. The Balaban J connectivity index is 1.93. The third-order valence-corrected chi connectivity index (χ3v) is 7.00. The highest BCUT2D eigenvalue weighted by atomic mass is 35.5. The van der Waals surface area contributed by atoms with Crippen LogP contribution in [0.2, 0.25) is 5.02 Å². The van der Waals surface area contributed by atoms with Gasteiger partial charge < -0.3 is 0 Å². The minimum absolute atomic E-state index is 0.0467. The molecule has 2 aromatic carbocycles. The van der Waals surface area contributed by atoms with Crippen LogP contribution >= 0.6 is 22.9 Å². The summed E-state index contributed by atoms with van der Waals surface area (Å²) in [6, 6.07) is 16.4. The third-order valence-electron chi connectivity index (χ3n) is 4.26. The number of fused-ring (bicyclic) bond motifs is 1. The van der Waals surface area contributed by atoms with Crippen molar-refractivity contribution in [2.45, 2.75) is 10.8 Å². The summed E-state index contributed by atoms with van der Waals surface area (Å²) in [5.74, 6) is 0. The summed E-state index contributed by atoms with van der Waals surface area (Å²) in [5.41, 5.74) is 3.10. The summed E-state index contributed by atoms with van der Waals surface area (Å²) in [6.07, 6.45) is 0. The van der Waals surface area contributed by atoms with E-state index in [0.29, 0.717) is 33.8 Å². The van der Waals surface area contributed by atoms with Gasteiger partial charge in [0.15, 0.2) is 0 Å². The number of nitrogens with zero attached hydrogens (tertiary/aromatic N) is 3. The van der Waals surface area contributed by atoms with Gasteiger partial charge >= 0.3 is 0 Å². The van der Waals surface area contributed by atoms with E-state index >= 15 is 0 Å². The number of hydrogen-bond acceptors (Lipinski definition) is 5. The summed E-state index contributed by atoms with van der Waals surface area (Å²) in [4.78, 5) is 0. The molecule has 0 aliphatic rings. The van der Waals surface area contributed by atoms with Crippen molar-refractivity contribution in [2.24, 2.45) is 5.14 Å². The van der Waals surface area contributed by atoms with Gasteiger partial charge in [-0.1, -0.05) is 29.8 Å². The van der Waals surface area contributed by atoms with Gasteiger partial charge in [0.1, 0.15) is 9.90 Å². The normalized spacial score (nSPS) is 11.6. The van der Waals surface area contributed by atoms with Crippen molar-refractivity contribution < 1.29 is 8.42 Å². The fourth-order valence-corrected chi connectivity index (χ4v) is 5.15. The Morgan fingerprint density at radius 3 is 2.75 bits per heavy atom. The van der Waals surface area contributed by atoms with Crippen LogP contribution in [-0.4, -0.2) is 18.2 Å². The standard InChI is InChI=1S/C19H13ClN4O2S2/c20-15-5-2-6-16-17(15)18(14-7-8-27-19(14)28(22,25)26)23-24(16)11-13-4-1-3-12(9-13)10-21/h1-9H,11H2,(H2,22,25,26). The first-order chi connectivity index (χ1) is 13.4. The van der Waals surface area contributed by atoms with Crippen molar-refractivity contribution in [1.29, 1.82) is 5.26 Å². The second kappa shape index (κ2) is 7.04. The Morgan fingerprint density at radius 1 is 1.21 bits per heavy atom. The molecular formula is C19H13ClN4O2S2. The molecule has 0 saturated heterocycles. The zero-order chi connectivity index (χ0) is 19.9. The lowest BCUT2D eigenvalue weighted by Crippen LogP contribution is -2.11. The number of sulfonamides is 1. The van der Waals surface area contributed by atoms with Gasteiger partial charge in [0.25, 0.3) is 0 Å². The molecule has 2 aromatic heterocycles. The van der Waals surface area contributed by atoms with E-state index in [9.17, 15) is 8.42 Å². The zero-order valence-corrected chi connectivity index (χ0v) is 16.7. The average molecular weight is 429 g/mol. The van der Waals surface area contributed by atoms with Gasteiger partial charge in [0.2, 0.25) is 10.0 Å². The van der Waals surface area contributed by atoms with Crippen LogP contribution in [0.1, 0.15) is 11.1 Å². The molecule has 4 aromatic rings. The Morgan fingerprint density at radius 2 is 2.00 bits per heavy atom. The molecule has 0 saturated carbocycles. The zero-order valence-electron chi connectivity index (χ0n) is 14.3. The van der Waals surface area contributed by atoms with Crippen molar-refractivity contribution in [3.63, 3.8) is 0 Å². The quantitative estimate of drug-likeness (QED) is 0.530. The first-order valence-corrected chi connectivity index (χ1v) is 10.9. The second-order valence-electron chi connectivity index (χ2n) is 6.12. The molecule has 0 unspecified atom stereocenters. The molecule has 0 aliphatic carbocycles. The van der Waals surface area contributed by atoms with E-state index in [4.69, 9.17) is 22.0 Å². The van der Waals surface area contributed by atoms with Gasteiger partial charge in [-0.05, 0) is 41.3 Å². The molecule has 2 N–H and O–H groups in total. The lowest BCUT2D eigenvalue weighted by molar-refractivity contribution is 0.600. The Kier molecular flexibility index (Phi) is 4.69. The summed E-state index contributed by atoms with van der Waals surface area (Å²) in [6.45, 7) is 0.404. The van der Waals surface area contributed by atoms with E-state index in [2.05, 4.69) is 11.2 Å². The number of hydrogen-bond donors (Lipinski definition) is 1. The van der Waals surface area contributed by atoms with E-state index in [0.717, 1.165) is 22.4 Å². The second-order valence-corrected chi connectivity index (χ2v) is 9.20. The van der Waals surface area contributed by atoms with E-state index in [-0.39, 0.29) is 4.21 Å². The van der Waals surface area contributed by atoms with Crippen molar-refractivity contribution in [3.8, 4) is 17.3 Å². The molecule has 0 radical (unpaired) electrons. The maximum Gasteiger partial charge on any atom is 0.248 e. The average Bonchev–Trinajstić information content (AvgIpc) is 3.28. The smallest absolute Gasteiger partial charge is 0.248 e. The Bertz CT molecular complexity index is 1350. The summed E-state index contributed by atoms with van der Waals surface area (Å²) in [7, 11) is -3.89. The van der Waals surface area contributed by atoms with Crippen molar-refractivity contribution in [1.82, 2.24) is 9.78 Å². The highest BCUT2D eigenvalue weighted by Gasteiger charge is 2.23. The summed E-state index contributed by atoms with van der Waals surface area (Å²) in [5, 5.41) is 21.9. The number of benzene rings is 2. The highest BCUT2D eigenvalue weighted by molar-refractivity contribution is 7.91. The molecule has 0 amide bonds. The SMILES string of the molecule is N#Cc1cccc(Cn2nc(-c3ccsc3S(N)(=O)=O)c3c(Cl)cccc32)c1. The summed E-state index contributed by atoms with van der Waals surface area (Å²) < 4.78 is 25.7. The Hall–Kier alpha value is -2.70. The highest BCUT2D eigenvalue weighted by Crippen LogP contribution is 2.38. The summed E-state index contributed by atoms with van der Waals surface area (Å²) >= 11 is 7.48. The van der Waals surface area contributed by atoms with Crippen molar-refractivity contribution >= 4 is 43.9 Å². The van der Waals surface area contributed by atoms with Gasteiger partial charge in [-0.15, -0.1) is 11.3 Å². The topological polar surface area (TPSA) is 102 Å². The molecule has 6 nitrogen and oxygen atoms in total. The first kappa shape index (κ1) is 18.7. The number of nitriles is 1. The maximum absolute atomic E-state index is 12.0. The lowest BCUT2D eigenvalue weighted by Gasteiger charge is -2.04. The lowest BCUT2D eigenvalue weighted by atomic mass is 10.1. The molecule has 0 fully saturated rings. The van der Waals surface area contributed by atoms with Crippen LogP contribution in [0.5, 0.6) is 0 Å². The van der Waals surface area contributed by atoms with E-state index in [1.807, 2.05) is 24.3 Å². The van der Waals surface area contributed by atoms with Crippen LogP contribution in [0.3, 0.4) is 0 Å². The molecule has 28 heavy (non-hydrogen) atoms. The minimum Gasteiger partial charge on any atom is -0.260 e. The van der Waals surface area contributed by atoms with Gasteiger partial charge in [0, 0.05) is 10.9 Å². The van der Waals surface area contributed by atoms with Crippen molar-refractivity contribution in [3.05, 3.63) is 70.1 Å². The van der Waals surface area contributed by atoms with E-state index in [1.54, 1.807) is 34.3 Å². The van der Waals surface area contributed by atoms with Crippen molar-refractivity contribution in [2.75, 3.05) is 0 Å². The molecule has 0 aliphatic heterocycles. The molecular weight excluding hydrogens is 416 g/mol. The monoisotopic (exact) mass is 428 g/mol. The molecule has 0 spiro atoms.